The van der Waals surface area contributed by atoms with Crippen LogP contribution in [0, 0.1) is 26.2 Å². The molecule has 1 aliphatic rings. The molecule has 2 aromatic rings. The highest BCUT2D eigenvalue weighted by atomic mass is 16.2. The lowest BCUT2D eigenvalue weighted by Gasteiger charge is -2.28. The van der Waals surface area contributed by atoms with Crippen LogP contribution in [0.1, 0.15) is 22.3 Å². The van der Waals surface area contributed by atoms with Gasteiger partial charge in [-0.1, -0.05) is 54.5 Å². The third kappa shape index (κ3) is 3.23. The lowest BCUT2D eigenvalue weighted by molar-refractivity contribution is -0.134. The van der Waals surface area contributed by atoms with E-state index in [1.165, 1.54) is 0 Å². The van der Waals surface area contributed by atoms with Crippen LogP contribution in [0.2, 0.25) is 0 Å². The van der Waals surface area contributed by atoms with Crippen LogP contribution in [0.25, 0.3) is 0 Å². The van der Waals surface area contributed by atoms with Gasteiger partial charge in [-0.15, -0.1) is 6.42 Å². The van der Waals surface area contributed by atoms with Gasteiger partial charge in [0.25, 0.3) is 5.91 Å². The first-order chi connectivity index (χ1) is 13.4. The number of rotatable bonds is 5. The Hall–Kier alpha value is -3.59. The first-order valence-corrected chi connectivity index (χ1v) is 8.87. The lowest BCUT2D eigenvalue weighted by atomic mass is 9.81. The first kappa shape index (κ1) is 19.2. The minimum atomic E-state index is -1.39. The zero-order valence-electron chi connectivity index (χ0n) is 15.8. The summed E-state index contributed by atoms with van der Waals surface area (Å²) in [5.74, 6) is 1.30. The number of terminal acetylenes is 1. The molecule has 0 saturated carbocycles. The van der Waals surface area contributed by atoms with Crippen LogP contribution < -0.4 is 10.6 Å². The maximum absolute atomic E-state index is 13.5. The van der Waals surface area contributed by atoms with Gasteiger partial charge in [0.05, 0.1) is 6.54 Å². The van der Waals surface area contributed by atoms with E-state index in [4.69, 9.17) is 6.42 Å². The molecule has 0 unspecified atom stereocenters. The van der Waals surface area contributed by atoms with E-state index in [0.717, 1.165) is 16.0 Å². The van der Waals surface area contributed by atoms with Gasteiger partial charge < -0.3 is 10.6 Å². The maximum atomic E-state index is 13.5. The van der Waals surface area contributed by atoms with E-state index >= 15 is 0 Å². The van der Waals surface area contributed by atoms with E-state index in [0.29, 0.717) is 11.1 Å². The summed E-state index contributed by atoms with van der Waals surface area (Å²) in [5.41, 5.74) is 1.97. The summed E-state index contributed by atoms with van der Waals surface area (Å²) in [7, 11) is 0. The van der Waals surface area contributed by atoms with Gasteiger partial charge in [0, 0.05) is 0 Å². The molecular weight excluding hydrogens is 354 g/mol. The van der Waals surface area contributed by atoms with Crippen LogP contribution >= 0.6 is 0 Å². The number of benzene rings is 2. The first-order valence-electron chi connectivity index (χ1n) is 8.87. The van der Waals surface area contributed by atoms with Gasteiger partial charge in [0.1, 0.15) is 6.54 Å². The Balaban J connectivity index is 2.07. The highest BCUT2D eigenvalue weighted by Crippen LogP contribution is 2.36. The normalized spacial score (nSPS) is 18.5. The summed E-state index contributed by atoms with van der Waals surface area (Å²) in [4.78, 5) is 39.1. The number of hydrogen-bond acceptors (Lipinski definition) is 3. The Morgan fingerprint density at radius 2 is 1.82 bits per heavy atom. The Labute approximate surface area is 163 Å². The van der Waals surface area contributed by atoms with Gasteiger partial charge in [-0.2, -0.15) is 0 Å². The molecule has 28 heavy (non-hydrogen) atoms. The second kappa shape index (κ2) is 7.57. The number of nitrogens with zero attached hydrogens (tertiary/aromatic N) is 1. The zero-order chi connectivity index (χ0) is 20.3. The number of aryl methyl sites for hydroxylation is 2. The van der Waals surface area contributed by atoms with Gasteiger partial charge in [0.2, 0.25) is 5.91 Å². The third-order valence-electron chi connectivity index (χ3n) is 4.94. The Kier molecular flexibility index (Phi) is 5.18. The molecule has 1 heterocycles. The lowest BCUT2D eigenvalue weighted by Crippen LogP contribution is -2.46. The molecule has 1 aliphatic heterocycles. The molecular formula is C22H21N3O3. The summed E-state index contributed by atoms with van der Waals surface area (Å²) in [6.45, 7) is 3.56. The summed E-state index contributed by atoms with van der Waals surface area (Å²) in [6.07, 6.45) is 5.14. The van der Waals surface area contributed by atoms with Gasteiger partial charge in [0.15, 0.2) is 5.54 Å². The fourth-order valence-corrected chi connectivity index (χ4v) is 3.29. The number of amides is 4. The molecule has 3 rings (SSSR count). The standard InChI is InChI=1S/C22H21N3O3/c1-4-12-23-19(26)14-25-20(27)22(24-21(25)28,17-8-6-5-7-9-17)18-11-10-15(2)16(3)13-18/h1,5-11,13H,12,14H2,2-3H3,(H,23,26)(H,24,28)/t22-/m1/s1. The monoisotopic (exact) mass is 375 g/mol. The summed E-state index contributed by atoms with van der Waals surface area (Å²) >= 11 is 0. The molecule has 2 N–H and O–H groups in total. The minimum Gasteiger partial charge on any atom is -0.344 e. The minimum absolute atomic E-state index is 0.0312. The van der Waals surface area contributed by atoms with Crippen molar-refractivity contribution >= 4 is 17.8 Å². The molecule has 1 fully saturated rings. The van der Waals surface area contributed by atoms with Crippen molar-refractivity contribution in [2.45, 2.75) is 19.4 Å². The molecule has 2 aromatic carbocycles. The second-order valence-electron chi connectivity index (χ2n) is 6.72. The second-order valence-corrected chi connectivity index (χ2v) is 6.72. The molecule has 0 aliphatic carbocycles. The third-order valence-corrected chi connectivity index (χ3v) is 4.94. The molecule has 0 radical (unpaired) electrons. The molecule has 0 bridgehead atoms. The van der Waals surface area contributed by atoms with Crippen LogP contribution in [-0.4, -0.2) is 35.8 Å². The molecule has 0 aromatic heterocycles. The van der Waals surface area contributed by atoms with Gasteiger partial charge >= 0.3 is 6.03 Å². The van der Waals surface area contributed by atoms with E-state index in [2.05, 4.69) is 16.6 Å². The topological polar surface area (TPSA) is 78.5 Å². The van der Waals surface area contributed by atoms with Gasteiger partial charge in [-0.3, -0.25) is 14.5 Å². The van der Waals surface area contributed by atoms with Crippen molar-refractivity contribution in [3.63, 3.8) is 0 Å². The van der Waals surface area contributed by atoms with Crippen LogP contribution in [0.5, 0.6) is 0 Å². The fraction of sp³-hybridized carbons (Fsp3) is 0.227. The highest BCUT2D eigenvalue weighted by molar-refractivity contribution is 6.11. The van der Waals surface area contributed by atoms with E-state index in [1.807, 2.05) is 38.1 Å². The number of carbonyl (C=O) groups is 3. The van der Waals surface area contributed by atoms with Crippen LogP contribution in [-0.2, 0) is 15.1 Å². The predicted octanol–water partition coefficient (Wildman–Crippen LogP) is 1.85. The quantitative estimate of drug-likeness (QED) is 0.618. The number of carbonyl (C=O) groups excluding carboxylic acids is 3. The van der Waals surface area contributed by atoms with Crippen molar-refractivity contribution < 1.29 is 14.4 Å². The maximum Gasteiger partial charge on any atom is 0.326 e. The Morgan fingerprint density at radius 1 is 1.11 bits per heavy atom. The van der Waals surface area contributed by atoms with Crippen molar-refractivity contribution in [3.05, 3.63) is 70.8 Å². The number of nitrogens with one attached hydrogen (secondary N) is 2. The van der Waals surface area contributed by atoms with Gasteiger partial charge in [-0.25, -0.2) is 4.79 Å². The number of imide groups is 1. The Bertz CT molecular complexity index is 978. The SMILES string of the molecule is C#CCNC(=O)CN1C(=O)N[C@](c2ccccc2)(c2ccc(C)c(C)c2)C1=O. The summed E-state index contributed by atoms with van der Waals surface area (Å²) in [6, 6.07) is 14.0. The van der Waals surface area contributed by atoms with E-state index in [-0.39, 0.29) is 6.54 Å². The van der Waals surface area contributed by atoms with E-state index in [1.54, 1.807) is 24.3 Å². The molecule has 142 valence electrons. The smallest absolute Gasteiger partial charge is 0.326 e. The van der Waals surface area contributed by atoms with Crippen molar-refractivity contribution in [2.75, 3.05) is 13.1 Å². The molecule has 4 amide bonds. The average Bonchev–Trinajstić information content (AvgIpc) is 2.94. The zero-order valence-corrected chi connectivity index (χ0v) is 15.8. The van der Waals surface area contributed by atoms with Crippen LogP contribution in [0.15, 0.2) is 48.5 Å². The molecule has 0 spiro atoms. The largest absolute Gasteiger partial charge is 0.344 e. The van der Waals surface area contributed by atoms with E-state index in [9.17, 15) is 14.4 Å². The summed E-state index contributed by atoms with van der Waals surface area (Å²) < 4.78 is 0. The Morgan fingerprint density at radius 3 is 2.46 bits per heavy atom. The van der Waals surface area contributed by atoms with Crippen molar-refractivity contribution in [1.82, 2.24) is 15.5 Å². The average molecular weight is 375 g/mol. The van der Waals surface area contributed by atoms with Crippen molar-refractivity contribution in [1.29, 1.82) is 0 Å². The summed E-state index contributed by atoms with van der Waals surface area (Å²) in [5, 5.41) is 5.30. The number of urea groups is 1. The molecule has 6 heteroatoms. The number of hydrogen-bond donors (Lipinski definition) is 2. The van der Waals surface area contributed by atoms with Crippen molar-refractivity contribution in [2.24, 2.45) is 0 Å². The fourth-order valence-electron chi connectivity index (χ4n) is 3.29. The van der Waals surface area contributed by atoms with Crippen LogP contribution in [0.3, 0.4) is 0 Å². The predicted molar refractivity (Wildman–Crippen MR) is 105 cm³/mol. The molecule has 1 saturated heterocycles. The van der Waals surface area contributed by atoms with E-state index < -0.39 is 29.9 Å². The van der Waals surface area contributed by atoms with Gasteiger partial charge in [-0.05, 0) is 36.1 Å². The molecule has 1 atom stereocenters. The molecule has 6 nitrogen and oxygen atoms in total. The van der Waals surface area contributed by atoms with Crippen molar-refractivity contribution in [3.8, 4) is 12.3 Å². The van der Waals surface area contributed by atoms with Crippen LogP contribution in [0.4, 0.5) is 4.79 Å². The highest BCUT2D eigenvalue weighted by Gasteiger charge is 2.54.